The Kier molecular flexibility index (Phi) is 16.0. The summed E-state index contributed by atoms with van der Waals surface area (Å²) >= 11 is 0. The summed E-state index contributed by atoms with van der Waals surface area (Å²) in [6.07, 6.45) is 6.23. The second-order valence-electron chi connectivity index (χ2n) is 9.91. The quantitative estimate of drug-likeness (QED) is 0.111. The van der Waals surface area contributed by atoms with E-state index >= 15 is 0 Å². The topological polar surface area (TPSA) is 183 Å². The van der Waals surface area contributed by atoms with Gasteiger partial charge in [-0.1, -0.05) is 37.1 Å². The molecule has 4 amide bonds. The molecule has 7 N–H and O–H groups in total. The number of aldehydes is 1. The van der Waals surface area contributed by atoms with Crippen molar-refractivity contribution in [2.45, 2.75) is 63.8 Å². The molecule has 0 saturated carbocycles. The number of unbranched alkanes of at least 4 members (excludes halogenated alkanes) is 4. The monoisotopic (exact) mass is 581 g/mol. The summed E-state index contributed by atoms with van der Waals surface area (Å²) in [6.45, 7) is 1.34. The molecule has 0 bridgehead atoms. The Morgan fingerprint density at radius 2 is 1.48 bits per heavy atom. The summed E-state index contributed by atoms with van der Waals surface area (Å²) in [6, 6.07) is 13.9. The van der Waals surface area contributed by atoms with Crippen LogP contribution in [-0.4, -0.2) is 62.2 Å². The number of carbonyl (C=O) groups excluding carboxylic acids is 5. The predicted molar refractivity (Wildman–Crippen MR) is 161 cm³/mol. The molecule has 42 heavy (non-hydrogen) atoms. The lowest BCUT2D eigenvalue weighted by molar-refractivity contribution is -0.127. The first-order chi connectivity index (χ1) is 20.3. The van der Waals surface area contributed by atoms with Gasteiger partial charge >= 0.3 is 0 Å². The number of primary amides is 1. The Morgan fingerprint density at radius 3 is 2.12 bits per heavy atom. The van der Waals surface area contributed by atoms with Crippen LogP contribution in [-0.2, 0) is 19.2 Å². The number of nitrogens with one attached hydrogen (secondary N) is 3. The molecule has 2 aromatic carbocycles. The number of nitrogens with two attached hydrogens (primary N) is 2. The number of benzene rings is 2. The highest BCUT2D eigenvalue weighted by molar-refractivity contribution is 5.95. The first kappa shape index (κ1) is 34.0. The first-order valence-electron chi connectivity index (χ1n) is 14.4. The fraction of sp³-hybridized carbons (Fsp3) is 0.452. The van der Waals surface area contributed by atoms with Gasteiger partial charge in [0.15, 0.2) is 6.29 Å². The van der Waals surface area contributed by atoms with E-state index in [4.69, 9.17) is 16.2 Å². The SMILES string of the molecule is NCC[C@H](NC(=O)CCCCCNC(=O)CCCCCNC(=O)c1cccc(-c2ccc(OCC=O)cc2)c1)C(N)=O. The zero-order chi connectivity index (χ0) is 30.6. The second kappa shape index (κ2) is 19.8. The number of amides is 4. The fourth-order valence-corrected chi connectivity index (χ4v) is 4.23. The van der Waals surface area contributed by atoms with Gasteiger partial charge < -0.3 is 32.2 Å². The molecular formula is C31H43N5O6. The van der Waals surface area contributed by atoms with E-state index in [2.05, 4.69) is 16.0 Å². The van der Waals surface area contributed by atoms with Gasteiger partial charge in [0.2, 0.25) is 17.7 Å². The highest BCUT2D eigenvalue weighted by Gasteiger charge is 2.16. The third-order valence-corrected chi connectivity index (χ3v) is 6.53. The molecule has 0 aliphatic rings. The van der Waals surface area contributed by atoms with Gasteiger partial charge in [-0.3, -0.25) is 24.0 Å². The average Bonchev–Trinajstić information content (AvgIpc) is 2.99. The van der Waals surface area contributed by atoms with Crippen molar-refractivity contribution in [1.29, 1.82) is 0 Å². The molecule has 0 spiro atoms. The fourth-order valence-electron chi connectivity index (χ4n) is 4.23. The van der Waals surface area contributed by atoms with E-state index in [1.807, 2.05) is 30.3 Å². The summed E-state index contributed by atoms with van der Waals surface area (Å²) in [7, 11) is 0. The van der Waals surface area contributed by atoms with Gasteiger partial charge in [-0.2, -0.15) is 0 Å². The summed E-state index contributed by atoms with van der Waals surface area (Å²) in [4.78, 5) is 58.3. The predicted octanol–water partition coefficient (Wildman–Crippen LogP) is 2.22. The number of carbonyl (C=O) groups is 5. The Labute approximate surface area is 247 Å². The maximum atomic E-state index is 12.6. The number of rotatable bonds is 21. The van der Waals surface area contributed by atoms with Crippen LogP contribution in [0.15, 0.2) is 48.5 Å². The normalized spacial score (nSPS) is 11.3. The molecule has 0 unspecified atom stereocenters. The molecule has 228 valence electrons. The minimum Gasteiger partial charge on any atom is -0.486 e. The summed E-state index contributed by atoms with van der Waals surface area (Å²) in [5.41, 5.74) is 13.1. The van der Waals surface area contributed by atoms with Gasteiger partial charge in [0.1, 0.15) is 18.4 Å². The summed E-state index contributed by atoms with van der Waals surface area (Å²) in [5.74, 6) is -0.379. The van der Waals surface area contributed by atoms with Crippen molar-refractivity contribution in [2.75, 3.05) is 26.2 Å². The highest BCUT2D eigenvalue weighted by Crippen LogP contribution is 2.23. The molecule has 0 fully saturated rings. The second-order valence-corrected chi connectivity index (χ2v) is 9.91. The largest absolute Gasteiger partial charge is 0.486 e. The number of hydrogen-bond donors (Lipinski definition) is 5. The Bertz CT molecular complexity index is 1150. The van der Waals surface area contributed by atoms with E-state index < -0.39 is 11.9 Å². The standard InChI is InChI=1S/C31H43N5O6/c32-17-16-27(30(33)40)36-29(39)11-4-2-5-18-34-28(38)10-3-1-6-19-35-31(41)25-9-7-8-24(22-25)23-12-14-26(15-13-23)42-21-20-37/h7-9,12-15,20,22,27H,1-6,10-11,16-19,21,32H2,(H2,33,40)(H,34,38)(H,35,41)(H,36,39)/t27-/m0/s1. The van der Waals surface area contributed by atoms with Crippen molar-refractivity contribution in [3.63, 3.8) is 0 Å². The molecule has 0 heterocycles. The average molecular weight is 582 g/mol. The van der Waals surface area contributed by atoms with Crippen LogP contribution in [0.25, 0.3) is 11.1 Å². The molecular weight excluding hydrogens is 538 g/mol. The molecule has 2 aromatic rings. The van der Waals surface area contributed by atoms with Crippen LogP contribution in [0.4, 0.5) is 0 Å². The van der Waals surface area contributed by atoms with Gasteiger partial charge in [0.25, 0.3) is 5.91 Å². The number of ether oxygens (including phenoxy) is 1. The van der Waals surface area contributed by atoms with E-state index in [9.17, 15) is 24.0 Å². The Hall–Kier alpha value is -4.25. The maximum absolute atomic E-state index is 12.6. The van der Waals surface area contributed by atoms with Gasteiger partial charge in [0.05, 0.1) is 0 Å². The van der Waals surface area contributed by atoms with E-state index in [1.54, 1.807) is 18.2 Å². The van der Waals surface area contributed by atoms with Gasteiger partial charge in [0, 0.05) is 31.5 Å². The zero-order valence-corrected chi connectivity index (χ0v) is 24.1. The molecule has 0 radical (unpaired) electrons. The minimum absolute atomic E-state index is 0.00611. The number of hydrogen-bond acceptors (Lipinski definition) is 7. The lowest BCUT2D eigenvalue weighted by atomic mass is 10.0. The molecule has 0 aliphatic carbocycles. The third-order valence-electron chi connectivity index (χ3n) is 6.53. The van der Waals surface area contributed by atoms with Crippen LogP contribution < -0.4 is 32.2 Å². The van der Waals surface area contributed by atoms with E-state index in [0.717, 1.165) is 43.2 Å². The zero-order valence-electron chi connectivity index (χ0n) is 24.1. The van der Waals surface area contributed by atoms with Crippen LogP contribution in [0.2, 0.25) is 0 Å². The van der Waals surface area contributed by atoms with Crippen molar-refractivity contribution in [1.82, 2.24) is 16.0 Å². The molecule has 11 nitrogen and oxygen atoms in total. The Balaban J connectivity index is 1.54. The van der Waals surface area contributed by atoms with Crippen molar-refractivity contribution in [2.24, 2.45) is 11.5 Å². The van der Waals surface area contributed by atoms with Crippen LogP contribution in [0, 0.1) is 0 Å². The lowest BCUT2D eigenvalue weighted by Crippen LogP contribution is -2.45. The van der Waals surface area contributed by atoms with Crippen molar-refractivity contribution < 1.29 is 28.7 Å². The van der Waals surface area contributed by atoms with Gasteiger partial charge in [-0.25, -0.2) is 0 Å². The smallest absolute Gasteiger partial charge is 0.251 e. The van der Waals surface area contributed by atoms with Crippen LogP contribution >= 0.6 is 0 Å². The first-order valence-corrected chi connectivity index (χ1v) is 14.4. The van der Waals surface area contributed by atoms with Crippen molar-refractivity contribution >= 4 is 29.9 Å². The third kappa shape index (κ3) is 13.4. The summed E-state index contributed by atoms with van der Waals surface area (Å²) in [5, 5.41) is 8.42. The van der Waals surface area contributed by atoms with Crippen LogP contribution in [0.1, 0.15) is 68.1 Å². The van der Waals surface area contributed by atoms with Crippen molar-refractivity contribution in [3.05, 3.63) is 54.1 Å². The van der Waals surface area contributed by atoms with Crippen LogP contribution in [0.5, 0.6) is 5.75 Å². The van der Waals surface area contributed by atoms with Gasteiger partial charge in [-0.15, -0.1) is 0 Å². The molecule has 0 aromatic heterocycles. The van der Waals surface area contributed by atoms with E-state index in [-0.39, 0.29) is 37.3 Å². The Morgan fingerprint density at radius 1 is 0.810 bits per heavy atom. The van der Waals surface area contributed by atoms with E-state index in [0.29, 0.717) is 50.0 Å². The molecule has 0 aliphatic heterocycles. The molecule has 0 saturated heterocycles. The maximum Gasteiger partial charge on any atom is 0.251 e. The van der Waals surface area contributed by atoms with Crippen LogP contribution in [0.3, 0.4) is 0 Å². The molecule has 2 rings (SSSR count). The minimum atomic E-state index is -0.733. The lowest BCUT2D eigenvalue weighted by Gasteiger charge is -2.14. The molecule has 1 atom stereocenters. The highest BCUT2D eigenvalue weighted by atomic mass is 16.5. The van der Waals surface area contributed by atoms with E-state index in [1.165, 1.54) is 0 Å². The summed E-state index contributed by atoms with van der Waals surface area (Å²) < 4.78 is 5.27. The van der Waals surface area contributed by atoms with Crippen molar-refractivity contribution in [3.8, 4) is 16.9 Å². The molecule has 11 heteroatoms. The van der Waals surface area contributed by atoms with Gasteiger partial charge in [-0.05, 0) is 74.0 Å².